The molecule has 0 aliphatic carbocycles. The topological polar surface area (TPSA) is 96.1 Å². The number of H-pyrrole nitrogens is 1. The number of fused-ring (bicyclic) bond motifs is 1. The highest BCUT2D eigenvalue weighted by Gasteiger charge is 2.27. The lowest BCUT2D eigenvalue weighted by atomic mass is 10.1. The monoisotopic (exact) mass is 300 g/mol. The number of nitrogens with zero attached hydrogens (tertiary/aromatic N) is 1. The highest BCUT2D eigenvalue weighted by Crippen LogP contribution is 2.33. The Morgan fingerprint density at radius 2 is 2.27 bits per heavy atom. The van der Waals surface area contributed by atoms with E-state index in [1.54, 1.807) is 31.3 Å². The van der Waals surface area contributed by atoms with Crippen LogP contribution in [-0.4, -0.2) is 28.1 Å². The van der Waals surface area contributed by atoms with Gasteiger partial charge in [-0.15, -0.1) is 0 Å². The van der Waals surface area contributed by atoms with E-state index in [-0.39, 0.29) is 11.8 Å². The van der Waals surface area contributed by atoms with E-state index in [2.05, 4.69) is 20.8 Å². The number of carbonyl (C=O) groups excluding carboxylic acids is 2. The van der Waals surface area contributed by atoms with Crippen molar-refractivity contribution in [2.45, 2.75) is 26.5 Å². The van der Waals surface area contributed by atoms with Crippen molar-refractivity contribution in [1.82, 2.24) is 15.5 Å². The van der Waals surface area contributed by atoms with E-state index in [0.29, 0.717) is 23.5 Å². The first-order valence-electron chi connectivity index (χ1n) is 6.94. The van der Waals surface area contributed by atoms with Gasteiger partial charge in [0.2, 0.25) is 0 Å². The van der Waals surface area contributed by atoms with Crippen molar-refractivity contribution in [3.05, 3.63) is 41.2 Å². The smallest absolute Gasteiger partial charge is 0.265 e. The van der Waals surface area contributed by atoms with Gasteiger partial charge in [0.25, 0.3) is 11.8 Å². The SMILES string of the molecule is Cc1[nH]ncc1CNC(=O)c1cccc2c1O[C@@H](C)C(=O)N2. The fourth-order valence-electron chi connectivity index (χ4n) is 2.23. The second-order valence-corrected chi connectivity index (χ2v) is 5.13. The summed E-state index contributed by atoms with van der Waals surface area (Å²) in [6.07, 6.45) is 1.05. The molecule has 0 saturated carbocycles. The number of carbonyl (C=O) groups is 2. The summed E-state index contributed by atoms with van der Waals surface area (Å²) in [6, 6.07) is 5.08. The molecule has 1 aromatic heterocycles. The van der Waals surface area contributed by atoms with Gasteiger partial charge in [0.05, 0.1) is 17.4 Å². The van der Waals surface area contributed by atoms with E-state index in [1.165, 1.54) is 0 Å². The second-order valence-electron chi connectivity index (χ2n) is 5.13. The highest BCUT2D eigenvalue weighted by atomic mass is 16.5. The number of aryl methyl sites for hydroxylation is 1. The van der Waals surface area contributed by atoms with Crippen LogP contribution in [0.2, 0.25) is 0 Å². The zero-order chi connectivity index (χ0) is 15.7. The minimum Gasteiger partial charge on any atom is -0.478 e. The van der Waals surface area contributed by atoms with Gasteiger partial charge in [0, 0.05) is 17.8 Å². The van der Waals surface area contributed by atoms with Gasteiger partial charge < -0.3 is 15.4 Å². The van der Waals surface area contributed by atoms with Crippen molar-refractivity contribution in [1.29, 1.82) is 0 Å². The Kier molecular flexibility index (Phi) is 3.54. The zero-order valence-electron chi connectivity index (χ0n) is 12.3. The molecular weight excluding hydrogens is 284 g/mol. The Hall–Kier alpha value is -2.83. The number of rotatable bonds is 3. The first kappa shape index (κ1) is 14.1. The van der Waals surface area contributed by atoms with Crippen LogP contribution in [0.5, 0.6) is 5.75 Å². The van der Waals surface area contributed by atoms with Gasteiger partial charge >= 0.3 is 0 Å². The molecule has 7 nitrogen and oxygen atoms in total. The molecule has 2 aromatic rings. The number of hydrogen-bond donors (Lipinski definition) is 3. The summed E-state index contributed by atoms with van der Waals surface area (Å²) >= 11 is 0. The maximum Gasteiger partial charge on any atom is 0.265 e. The molecule has 0 spiro atoms. The Bertz CT molecular complexity index is 738. The zero-order valence-corrected chi connectivity index (χ0v) is 12.3. The van der Waals surface area contributed by atoms with E-state index >= 15 is 0 Å². The van der Waals surface area contributed by atoms with Gasteiger partial charge in [-0.2, -0.15) is 5.10 Å². The molecule has 3 rings (SSSR count). The largest absolute Gasteiger partial charge is 0.478 e. The van der Waals surface area contributed by atoms with Crippen LogP contribution < -0.4 is 15.4 Å². The van der Waals surface area contributed by atoms with Crippen LogP contribution in [0.25, 0.3) is 0 Å². The minimum absolute atomic E-state index is 0.223. The fraction of sp³-hybridized carbons (Fsp3) is 0.267. The summed E-state index contributed by atoms with van der Waals surface area (Å²) in [5.41, 5.74) is 2.73. The second kappa shape index (κ2) is 5.51. The van der Waals surface area contributed by atoms with Crippen LogP contribution >= 0.6 is 0 Å². The summed E-state index contributed by atoms with van der Waals surface area (Å²) in [4.78, 5) is 24.0. The molecule has 1 aliphatic heterocycles. The molecule has 3 N–H and O–H groups in total. The normalized spacial score (nSPS) is 16.5. The van der Waals surface area contributed by atoms with Gasteiger partial charge in [-0.1, -0.05) is 6.07 Å². The third-order valence-electron chi connectivity index (χ3n) is 3.56. The van der Waals surface area contributed by atoms with Crippen LogP contribution in [0.4, 0.5) is 5.69 Å². The predicted molar refractivity (Wildman–Crippen MR) is 79.7 cm³/mol. The van der Waals surface area contributed by atoms with Crippen molar-refractivity contribution in [2.75, 3.05) is 5.32 Å². The predicted octanol–water partition coefficient (Wildman–Crippen LogP) is 1.37. The van der Waals surface area contributed by atoms with Crippen LogP contribution in [0, 0.1) is 6.92 Å². The van der Waals surface area contributed by atoms with Gasteiger partial charge in [0.1, 0.15) is 0 Å². The van der Waals surface area contributed by atoms with Crippen molar-refractivity contribution in [3.63, 3.8) is 0 Å². The third-order valence-corrected chi connectivity index (χ3v) is 3.56. The number of anilines is 1. The molecule has 7 heteroatoms. The van der Waals surface area contributed by atoms with Crippen molar-refractivity contribution in [2.24, 2.45) is 0 Å². The summed E-state index contributed by atoms with van der Waals surface area (Å²) in [5.74, 6) is -0.0871. The molecule has 0 bridgehead atoms. The number of benzene rings is 1. The maximum atomic E-state index is 12.4. The van der Waals surface area contributed by atoms with Crippen molar-refractivity contribution in [3.8, 4) is 5.75 Å². The first-order chi connectivity index (χ1) is 10.6. The van der Waals surface area contributed by atoms with Crippen LogP contribution in [0.3, 0.4) is 0 Å². The summed E-state index contributed by atoms with van der Waals surface area (Å²) in [7, 11) is 0. The lowest BCUT2D eigenvalue weighted by Gasteiger charge is -2.25. The molecule has 2 amide bonds. The summed E-state index contributed by atoms with van der Waals surface area (Å²) in [6.45, 7) is 3.90. The maximum absolute atomic E-state index is 12.4. The molecular formula is C15H16N4O3. The van der Waals surface area contributed by atoms with E-state index in [0.717, 1.165) is 11.3 Å². The molecule has 114 valence electrons. The number of ether oxygens (including phenoxy) is 1. The Labute approximate surface area is 127 Å². The highest BCUT2D eigenvalue weighted by molar-refractivity contribution is 6.03. The molecule has 0 unspecified atom stereocenters. The number of amides is 2. The van der Waals surface area contributed by atoms with E-state index < -0.39 is 6.10 Å². The lowest BCUT2D eigenvalue weighted by molar-refractivity contribution is -0.122. The van der Waals surface area contributed by atoms with Crippen molar-refractivity contribution >= 4 is 17.5 Å². The van der Waals surface area contributed by atoms with Crippen LogP contribution in [0.15, 0.2) is 24.4 Å². The number of aromatic nitrogens is 2. The molecule has 1 aromatic carbocycles. The number of para-hydroxylation sites is 1. The molecule has 0 saturated heterocycles. The Balaban J connectivity index is 1.80. The number of aromatic amines is 1. The third kappa shape index (κ3) is 2.52. The standard InChI is InChI=1S/C15H16N4O3/c1-8-10(7-17-19-8)6-16-15(21)11-4-3-5-12-13(11)22-9(2)14(20)18-12/h3-5,7,9H,6H2,1-2H3,(H,16,21)(H,17,19)(H,18,20)/t9-/m0/s1. The molecule has 22 heavy (non-hydrogen) atoms. The van der Waals surface area contributed by atoms with Crippen LogP contribution in [-0.2, 0) is 11.3 Å². The number of hydrogen-bond acceptors (Lipinski definition) is 4. The van der Waals surface area contributed by atoms with Gasteiger partial charge in [-0.05, 0) is 26.0 Å². The van der Waals surface area contributed by atoms with Gasteiger partial charge in [-0.25, -0.2) is 0 Å². The van der Waals surface area contributed by atoms with E-state index in [1.807, 2.05) is 6.92 Å². The van der Waals surface area contributed by atoms with E-state index in [9.17, 15) is 9.59 Å². The fourth-order valence-corrected chi connectivity index (χ4v) is 2.23. The van der Waals surface area contributed by atoms with E-state index in [4.69, 9.17) is 4.74 Å². The summed E-state index contributed by atoms with van der Waals surface area (Å²) in [5, 5.41) is 12.3. The molecule has 2 heterocycles. The van der Waals surface area contributed by atoms with Gasteiger partial charge in [-0.3, -0.25) is 14.7 Å². The molecule has 1 aliphatic rings. The molecule has 0 radical (unpaired) electrons. The average Bonchev–Trinajstić information content (AvgIpc) is 2.91. The first-order valence-corrected chi connectivity index (χ1v) is 6.94. The molecule has 0 fully saturated rings. The Morgan fingerprint density at radius 1 is 1.45 bits per heavy atom. The molecule has 1 atom stereocenters. The van der Waals surface area contributed by atoms with Crippen LogP contribution in [0.1, 0.15) is 28.5 Å². The van der Waals surface area contributed by atoms with Crippen molar-refractivity contribution < 1.29 is 14.3 Å². The average molecular weight is 300 g/mol. The minimum atomic E-state index is -0.627. The Morgan fingerprint density at radius 3 is 3.00 bits per heavy atom. The quantitative estimate of drug-likeness (QED) is 0.797. The number of nitrogens with one attached hydrogen (secondary N) is 3. The summed E-state index contributed by atoms with van der Waals surface area (Å²) < 4.78 is 5.57. The van der Waals surface area contributed by atoms with Gasteiger partial charge in [0.15, 0.2) is 11.9 Å². The lowest BCUT2D eigenvalue weighted by Crippen LogP contribution is -2.35.